The van der Waals surface area contributed by atoms with Crippen LogP contribution in [0.4, 0.5) is 5.69 Å². The van der Waals surface area contributed by atoms with Crippen LogP contribution < -0.4 is 10.6 Å². The molecule has 0 saturated carbocycles. The Morgan fingerprint density at radius 1 is 1.42 bits per heavy atom. The molecule has 0 aromatic heterocycles. The van der Waals surface area contributed by atoms with Crippen LogP contribution >= 0.6 is 0 Å². The molecular weight excluding hydrogens is 240 g/mol. The van der Waals surface area contributed by atoms with Gasteiger partial charge in [-0.1, -0.05) is 19.1 Å². The van der Waals surface area contributed by atoms with Gasteiger partial charge in [0.2, 0.25) is 5.91 Å². The summed E-state index contributed by atoms with van der Waals surface area (Å²) in [5, 5.41) is 15.1. The number of hydrogen-bond acceptors (Lipinski definition) is 3. The van der Waals surface area contributed by atoms with Crippen molar-refractivity contribution < 1.29 is 9.90 Å². The normalized spacial score (nSPS) is 13.9. The van der Waals surface area contributed by atoms with Crippen LogP contribution in [-0.4, -0.2) is 29.7 Å². The van der Waals surface area contributed by atoms with Crippen molar-refractivity contribution >= 4 is 11.6 Å². The first-order valence-corrected chi connectivity index (χ1v) is 6.71. The third-order valence-corrected chi connectivity index (χ3v) is 3.42. The molecule has 1 unspecified atom stereocenters. The number of aliphatic hydroxyl groups is 1. The lowest BCUT2D eigenvalue weighted by molar-refractivity contribution is -0.115. The standard InChI is InChI=1S/C15H24N2O2/c1-4-15(3,8-9-18)16-11-14(19)17-13-7-5-6-12(2)10-13/h5-7,10,16,18H,4,8-9,11H2,1-3H3,(H,17,19). The predicted octanol–water partition coefficient (Wildman–Crippen LogP) is 2.07. The zero-order valence-corrected chi connectivity index (χ0v) is 12.0. The van der Waals surface area contributed by atoms with E-state index >= 15 is 0 Å². The summed E-state index contributed by atoms with van der Waals surface area (Å²) in [5.74, 6) is -0.0665. The van der Waals surface area contributed by atoms with Gasteiger partial charge in [0.25, 0.3) is 0 Å². The number of aliphatic hydroxyl groups excluding tert-OH is 1. The third-order valence-electron chi connectivity index (χ3n) is 3.42. The number of anilines is 1. The van der Waals surface area contributed by atoms with E-state index in [4.69, 9.17) is 5.11 Å². The van der Waals surface area contributed by atoms with Crippen LogP contribution in [0, 0.1) is 6.92 Å². The molecule has 1 amide bonds. The summed E-state index contributed by atoms with van der Waals surface area (Å²) in [5.41, 5.74) is 1.73. The minimum atomic E-state index is -0.196. The van der Waals surface area contributed by atoms with Crippen molar-refractivity contribution in [3.63, 3.8) is 0 Å². The second-order valence-electron chi connectivity index (χ2n) is 5.16. The van der Waals surface area contributed by atoms with Gasteiger partial charge in [-0.25, -0.2) is 0 Å². The molecule has 1 aromatic carbocycles. The van der Waals surface area contributed by atoms with Crippen molar-refractivity contribution in [1.29, 1.82) is 0 Å². The van der Waals surface area contributed by atoms with Crippen molar-refractivity contribution in [2.45, 2.75) is 39.2 Å². The Bertz CT molecular complexity index is 420. The first-order chi connectivity index (χ1) is 8.99. The second-order valence-corrected chi connectivity index (χ2v) is 5.16. The molecule has 4 nitrogen and oxygen atoms in total. The summed E-state index contributed by atoms with van der Waals surface area (Å²) in [6.07, 6.45) is 1.51. The SMILES string of the molecule is CCC(C)(CCO)NCC(=O)Nc1cccc(C)c1. The van der Waals surface area contributed by atoms with Crippen LogP contribution in [0.5, 0.6) is 0 Å². The molecular formula is C15H24N2O2. The summed E-state index contributed by atoms with van der Waals surface area (Å²) in [6, 6.07) is 7.71. The van der Waals surface area contributed by atoms with Crippen LogP contribution in [0.2, 0.25) is 0 Å². The van der Waals surface area contributed by atoms with Gasteiger partial charge in [-0.2, -0.15) is 0 Å². The molecule has 0 aliphatic heterocycles. The Morgan fingerprint density at radius 2 is 2.16 bits per heavy atom. The molecule has 0 radical (unpaired) electrons. The summed E-state index contributed by atoms with van der Waals surface area (Å²) >= 11 is 0. The van der Waals surface area contributed by atoms with Crippen LogP contribution in [0.1, 0.15) is 32.3 Å². The van der Waals surface area contributed by atoms with Gasteiger partial charge in [-0.15, -0.1) is 0 Å². The van der Waals surface area contributed by atoms with Crippen LogP contribution in [-0.2, 0) is 4.79 Å². The van der Waals surface area contributed by atoms with Gasteiger partial charge in [0.1, 0.15) is 0 Å². The van der Waals surface area contributed by atoms with Crippen LogP contribution in [0.3, 0.4) is 0 Å². The van der Waals surface area contributed by atoms with E-state index in [1.165, 1.54) is 0 Å². The molecule has 19 heavy (non-hydrogen) atoms. The van der Waals surface area contributed by atoms with Gasteiger partial charge in [0.05, 0.1) is 6.54 Å². The van der Waals surface area contributed by atoms with E-state index < -0.39 is 0 Å². The lowest BCUT2D eigenvalue weighted by atomic mass is 9.95. The van der Waals surface area contributed by atoms with Gasteiger partial charge in [0, 0.05) is 17.8 Å². The van der Waals surface area contributed by atoms with Gasteiger partial charge in [-0.05, 0) is 44.4 Å². The topological polar surface area (TPSA) is 61.4 Å². The largest absolute Gasteiger partial charge is 0.396 e. The Labute approximate surface area is 115 Å². The maximum absolute atomic E-state index is 11.9. The summed E-state index contributed by atoms with van der Waals surface area (Å²) in [4.78, 5) is 11.9. The van der Waals surface area contributed by atoms with E-state index in [0.717, 1.165) is 17.7 Å². The highest BCUT2D eigenvalue weighted by atomic mass is 16.3. The van der Waals surface area contributed by atoms with Gasteiger partial charge >= 0.3 is 0 Å². The lowest BCUT2D eigenvalue weighted by Gasteiger charge is -2.28. The van der Waals surface area contributed by atoms with Crippen molar-refractivity contribution in [2.24, 2.45) is 0 Å². The minimum Gasteiger partial charge on any atom is -0.396 e. The molecule has 1 aromatic rings. The van der Waals surface area contributed by atoms with Crippen LogP contribution in [0.25, 0.3) is 0 Å². The zero-order chi connectivity index (χ0) is 14.3. The molecule has 0 aliphatic rings. The number of carbonyl (C=O) groups excluding carboxylic acids is 1. The maximum Gasteiger partial charge on any atom is 0.238 e. The lowest BCUT2D eigenvalue weighted by Crippen LogP contribution is -2.46. The van der Waals surface area contributed by atoms with Crippen molar-refractivity contribution in [3.8, 4) is 0 Å². The fourth-order valence-electron chi connectivity index (χ4n) is 1.86. The first kappa shape index (κ1) is 15.7. The minimum absolute atomic E-state index is 0.0665. The van der Waals surface area contributed by atoms with E-state index in [1.807, 2.05) is 45.0 Å². The van der Waals surface area contributed by atoms with Crippen molar-refractivity contribution in [2.75, 3.05) is 18.5 Å². The Kier molecular flexibility index (Phi) is 5.99. The highest BCUT2D eigenvalue weighted by molar-refractivity contribution is 5.92. The number of hydrogen-bond donors (Lipinski definition) is 3. The number of carbonyl (C=O) groups is 1. The number of rotatable bonds is 7. The molecule has 0 aliphatic carbocycles. The smallest absolute Gasteiger partial charge is 0.238 e. The third kappa shape index (κ3) is 5.41. The monoisotopic (exact) mass is 264 g/mol. The fraction of sp³-hybridized carbons (Fsp3) is 0.533. The quantitative estimate of drug-likeness (QED) is 0.706. The average Bonchev–Trinajstić information content (AvgIpc) is 2.37. The molecule has 0 bridgehead atoms. The van der Waals surface area contributed by atoms with E-state index in [-0.39, 0.29) is 24.6 Å². The average molecular weight is 264 g/mol. The zero-order valence-electron chi connectivity index (χ0n) is 12.0. The maximum atomic E-state index is 11.9. The fourth-order valence-corrected chi connectivity index (χ4v) is 1.86. The van der Waals surface area contributed by atoms with Crippen molar-refractivity contribution in [1.82, 2.24) is 5.32 Å². The molecule has 0 saturated heterocycles. The Morgan fingerprint density at radius 3 is 2.74 bits per heavy atom. The molecule has 1 rings (SSSR count). The Hall–Kier alpha value is -1.39. The molecule has 106 valence electrons. The number of amides is 1. The highest BCUT2D eigenvalue weighted by Crippen LogP contribution is 2.13. The summed E-state index contributed by atoms with van der Waals surface area (Å²) in [7, 11) is 0. The molecule has 4 heteroatoms. The number of benzene rings is 1. The molecule has 1 atom stereocenters. The molecule has 0 spiro atoms. The van der Waals surface area contributed by atoms with Gasteiger partial charge in [0.15, 0.2) is 0 Å². The number of nitrogens with one attached hydrogen (secondary N) is 2. The molecule has 3 N–H and O–H groups in total. The van der Waals surface area contributed by atoms with Gasteiger partial charge in [-0.3, -0.25) is 4.79 Å². The van der Waals surface area contributed by atoms with Crippen molar-refractivity contribution in [3.05, 3.63) is 29.8 Å². The Balaban J connectivity index is 2.47. The predicted molar refractivity (Wildman–Crippen MR) is 78.2 cm³/mol. The van der Waals surface area contributed by atoms with E-state index in [2.05, 4.69) is 10.6 Å². The first-order valence-electron chi connectivity index (χ1n) is 6.71. The van der Waals surface area contributed by atoms with E-state index in [0.29, 0.717) is 6.42 Å². The second kappa shape index (κ2) is 7.26. The molecule has 0 heterocycles. The van der Waals surface area contributed by atoms with Gasteiger partial charge < -0.3 is 15.7 Å². The molecule has 0 fully saturated rings. The number of aryl methyl sites for hydroxylation is 1. The van der Waals surface area contributed by atoms with Crippen LogP contribution in [0.15, 0.2) is 24.3 Å². The van der Waals surface area contributed by atoms with E-state index in [1.54, 1.807) is 0 Å². The summed E-state index contributed by atoms with van der Waals surface area (Å²) in [6.45, 7) is 6.42. The summed E-state index contributed by atoms with van der Waals surface area (Å²) < 4.78 is 0. The van der Waals surface area contributed by atoms with E-state index in [9.17, 15) is 4.79 Å². The highest BCUT2D eigenvalue weighted by Gasteiger charge is 2.21.